The largest absolute Gasteiger partial charge is 0.378 e. The number of carbonyl (C=O) groups excluding carboxylic acids is 1. The highest BCUT2D eigenvalue weighted by Crippen LogP contribution is 2.18. The molecule has 4 nitrogen and oxygen atoms in total. The minimum Gasteiger partial charge on any atom is -0.378 e. The van der Waals surface area contributed by atoms with Crippen molar-refractivity contribution in [2.24, 2.45) is 0 Å². The van der Waals surface area contributed by atoms with Gasteiger partial charge < -0.3 is 15.4 Å². The minimum atomic E-state index is -0.126. The maximum absolute atomic E-state index is 11.4. The molecule has 1 saturated heterocycles. The van der Waals surface area contributed by atoms with Crippen LogP contribution in [0.5, 0.6) is 0 Å². The van der Waals surface area contributed by atoms with Crippen LogP contribution in [0.2, 0.25) is 0 Å². The summed E-state index contributed by atoms with van der Waals surface area (Å²) in [5, 5.41) is 6.06. The molecule has 1 amide bonds. The zero-order valence-electron chi connectivity index (χ0n) is 7.01. The van der Waals surface area contributed by atoms with E-state index in [1.807, 2.05) is 0 Å². The second kappa shape index (κ2) is 3.41. The summed E-state index contributed by atoms with van der Waals surface area (Å²) in [5.41, 5.74) is 0. The topological polar surface area (TPSA) is 50.4 Å². The standard InChI is InChI=1S/C8H14N2O2/c11-8(10-6-1-2-6)7-5-12-4-3-9-7/h6-7,9H,1-5H2,(H,10,11)/t7-/m0/s1. The number of hydrogen-bond acceptors (Lipinski definition) is 3. The highest BCUT2D eigenvalue weighted by molar-refractivity contribution is 5.82. The summed E-state index contributed by atoms with van der Waals surface area (Å²) in [4.78, 5) is 11.4. The molecular weight excluding hydrogens is 156 g/mol. The molecule has 12 heavy (non-hydrogen) atoms. The number of carbonyl (C=O) groups is 1. The number of nitrogens with one attached hydrogen (secondary N) is 2. The van der Waals surface area contributed by atoms with Crippen molar-refractivity contribution in [3.8, 4) is 0 Å². The normalized spacial score (nSPS) is 29.8. The summed E-state index contributed by atoms with van der Waals surface area (Å²) in [6.07, 6.45) is 2.28. The summed E-state index contributed by atoms with van der Waals surface area (Å²) in [7, 11) is 0. The first-order valence-electron chi connectivity index (χ1n) is 4.48. The Balaban J connectivity index is 1.76. The lowest BCUT2D eigenvalue weighted by atomic mass is 10.2. The summed E-state index contributed by atoms with van der Waals surface area (Å²) in [6.45, 7) is 2.01. The fraction of sp³-hybridized carbons (Fsp3) is 0.875. The van der Waals surface area contributed by atoms with Crippen molar-refractivity contribution in [2.75, 3.05) is 19.8 Å². The van der Waals surface area contributed by atoms with Gasteiger partial charge in [-0.1, -0.05) is 0 Å². The molecular formula is C8H14N2O2. The Hall–Kier alpha value is -0.610. The SMILES string of the molecule is O=C(NC1CC1)[C@@H]1COCCN1. The Morgan fingerprint density at radius 3 is 2.92 bits per heavy atom. The molecule has 1 saturated carbocycles. The monoisotopic (exact) mass is 170 g/mol. The van der Waals surface area contributed by atoms with Gasteiger partial charge in [0.05, 0.1) is 13.2 Å². The molecule has 0 spiro atoms. The smallest absolute Gasteiger partial charge is 0.239 e. The van der Waals surface area contributed by atoms with Crippen molar-refractivity contribution in [3.63, 3.8) is 0 Å². The minimum absolute atomic E-state index is 0.0946. The summed E-state index contributed by atoms with van der Waals surface area (Å²) >= 11 is 0. The lowest BCUT2D eigenvalue weighted by molar-refractivity contribution is -0.126. The van der Waals surface area contributed by atoms with Gasteiger partial charge in [-0.3, -0.25) is 4.79 Å². The molecule has 1 heterocycles. The third-order valence-electron chi connectivity index (χ3n) is 2.16. The molecule has 0 bridgehead atoms. The van der Waals surface area contributed by atoms with Gasteiger partial charge in [0.2, 0.25) is 5.91 Å². The van der Waals surface area contributed by atoms with Crippen LogP contribution in [0.3, 0.4) is 0 Å². The second-order valence-corrected chi connectivity index (χ2v) is 3.36. The molecule has 2 rings (SSSR count). The summed E-state index contributed by atoms with van der Waals surface area (Å²) in [6, 6.07) is 0.320. The quantitative estimate of drug-likeness (QED) is 0.573. The summed E-state index contributed by atoms with van der Waals surface area (Å²) < 4.78 is 5.18. The predicted molar refractivity (Wildman–Crippen MR) is 43.8 cm³/mol. The van der Waals surface area contributed by atoms with E-state index < -0.39 is 0 Å². The van der Waals surface area contributed by atoms with Crippen LogP contribution in [0.15, 0.2) is 0 Å². The fourth-order valence-electron chi connectivity index (χ4n) is 1.26. The number of ether oxygens (including phenoxy) is 1. The van der Waals surface area contributed by atoms with E-state index in [0.717, 1.165) is 19.4 Å². The molecule has 4 heteroatoms. The molecule has 1 aliphatic heterocycles. The Labute approximate surface area is 71.7 Å². The van der Waals surface area contributed by atoms with Crippen molar-refractivity contribution in [2.45, 2.75) is 24.9 Å². The molecule has 68 valence electrons. The number of rotatable bonds is 2. The van der Waals surface area contributed by atoms with Crippen LogP contribution in [0, 0.1) is 0 Å². The van der Waals surface area contributed by atoms with Crippen LogP contribution in [0.4, 0.5) is 0 Å². The zero-order valence-corrected chi connectivity index (χ0v) is 7.01. The Morgan fingerprint density at radius 2 is 2.33 bits per heavy atom. The predicted octanol–water partition coefficient (Wildman–Crippen LogP) is -0.747. The number of hydrogen-bond donors (Lipinski definition) is 2. The Bertz CT molecular complexity index is 174. The second-order valence-electron chi connectivity index (χ2n) is 3.36. The van der Waals surface area contributed by atoms with Gasteiger partial charge in [0, 0.05) is 12.6 Å². The van der Waals surface area contributed by atoms with Gasteiger partial charge in [0.25, 0.3) is 0 Å². The van der Waals surface area contributed by atoms with E-state index in [-0.39, 0.29) is 11.9 Å². The van der Waals surface area contributed by atoms with E-state index in [1.165, 1.54) is 0 Å². The van der Waals surface area contributed by atoms with Crippen LogP contribution in [0.25, 0.3) is 0 Å². The molecule has 2 fully saturated rings. The van der Waals surface area contributed by atoms with Crippen molar-refractivity contribution < 1.29 is 9.53 Å². The first-order valence-corrected chi connectivity index (χ1v) is 4.48. The van der Waals surface area contributed by atoms with Crippen molar-refractivity contribution in [3.05, 3.63) is 0 Å². The molecule has 0 aromatic carbocycles. The highest BCUT2D eigenvalue weighted by Gasteiger charge is 2.28. The van der Waals surface area contributed by atoms with Gasteiger partial charge in [-0.25, -0.2) is 0 Å². The third-order valence-corrected chi connectivity index (χ3v) is 2.16. The van der Waals surface area contributed by atoms with Crippen LogP contribution in [0.1, 0.15) is 12.8 Å². The van der Waals surface area contributed by atoms with Crippen LogP contribution < -0.4 is 10.6 Å². The van der Waals surface area contributed by atoms with E-state index in [0.29, 0.717) is 19.3 Å². The zero-order chi connectivity index (χ0) is 8.39. The van der Waals surface area contributed by atoms with Crippen molar-refractivity contribution >= 4 is 5.91 Å². The Morgan fingerprint density at radius 1 is 1.50 bits per heavy atom. The van der Waals surface area contributed by atoms with Gasteiger partial charge >= 0.3 is 0 Å². The molecule has 1 atom stereocenters. The maximum atomic E-state index is 11.4. The average Bonchev–Trinajstić information content (AvgIpc) is 2.90. The lowest BCUT2D eigenvalue weighted by Gasteiger charge is -2.22. The molecule has 1 aliphatic carbocycles. The molecule has 2 aliphatic rings. The molecule has 0 unspecified atom stereocenters. The average molecular weight is 170 g/mol. The van der Waals surface area contributed by atoms with Crippen LogP contribution in [-0.2, 0) is 9.53 Å². The fourth-order valence-corrected chi connectivity index (χ4v) is 1.26. The van der Waals surface area contributed by atoms with Gasteiger partial charge in [-0.2, -0.15) is 0 Å². The molecule has 0 aromatic rings. The first kappa shape index (κ1) is 8.01. The molecule has 0 aromatic heterocycles. The number of amides is 1. The van der Waals surface area contributed by atoms with Gasteiger partial charge in [-0.15, -0.1) is 0 Å². The molecule has 2 N–H and O–H groups in total. The third kappa shape index (κ3) is 1.95. The number of morpholine rings is 1. The Kier molecular flexibility index (Phi) is 2.28. The van der Waals surface area contributed by atoms with E-state index in [9.17, 15) is 4.79 Å². The van der Waals surface area contributed by atoms with Crippen LogP contribution >= 0.6 is 0 Å². The molecule has 0 radical (unpaired) electrons. The van der Waals surface area contributed by atoms with E-state index >= 15 is 0 Å². The van der Waals surface area contributed by atoms with Crippen molar-refractivity contribution in [1.82, 2.24) is 10.6 Å². The maximum Gasteiger partial charge on any atom is 0.239 e. The van der Waals surface area contributed by atoms with Gasteiger partial charge in [-0.05, 0) is 12.8 Å². The van der Waals surface area contributed by atoms with E-state index in [4.69, 9.17) is 4.74 Å². The van der Waals surface area contributed by atoms with Gasteiger partial charge in [0.15, 0.2) is 0 Å². The first-order chi connectivity index (χ1) is 5.86. The van der Waals surface area contributed by atoms with Crippen LogP contribution in [-0.4, -0.2) is 37.7 Å². The summed E-state index contributed by atoms with van der Waals surface area (Å²) in [5.74, 6) is 0.0946. The van der Waals surface area contributed by atoms with Gasteiger partial charge in [0.1, 0.15) is 6.04 Å². The van der Waals surface area contributed by atoms with E-state index in [2.05, 4.69) is 10.6 Å². The van der Waals surface area contributed by atoms with E-state index in [1.54, 1.807) is 0 Å². The lowest BCUT2D eigenvalue weighted by Crippen LogP contribution is -2.51. The van der Waals surface area contributed by atoms with Crippen molar-refractivity contribution in [1.29, 1.82) is 0 Å². The highest BCUT2D eigenvalue weighted by atomic mass is 16.5.